The van der Waals surface area contributed by atoms with E-state index in [9.17, 15) is 44.6 Å². The highest BCUT2D eigenvalue weighted by Gasteiger charge is 2.51. The fourth-order valence-corrected chi connectivity index (χ4v) is 8.51. The lowest BCUT2D eigenvalue weighted by Gasteiger charge is -2.41. The molecule has 0 bridgehead atoms. The highest BCUT2D eigenvalue weighted by molar-refractivity contribution is 7.47. The fourth-order valence-electron chi connectivity index (χ4n) is 7.54. The number of hydrogen-bond donors (Lipinski definition) is 6. The van der Waals surface area contributed by atoms with Crippen molar-refractivity contribution in [1.82, 2.24) is 0 Å². The van der Waals surface area contributed by atoms with E-state index in [1.807, 2.05) is 0 Å². The van der Waals surface area contributed by atoms with Crippen molar-refractivity contribution in [1.29, 1.82) is 0 Å². The highest BCUT2D eigenvalue weighted by atomic mass is 31.2. The largest absolute Gasteiger partial charge is 0.472 e. The first-order valence-corrected chi connectivity index (χ1v) is 26.3. The summed E-state index contributed by atoms with van der Waals surface area (Å²) in [4.78, 5) is 35.8. The van der Waals surface area contributed by atoms with Crippen LogP contribution in [0.2, 0.25) is 0 Å². The molecule has 63 heavy (non-hydrogen) atoms. The average molecular weight is 917 g/mol. The number of allylic oxidation sites excluding steroid dienone is 6. The number of rotatable bonds is 41. The van der Waals surface area contributed by atoms with Crippen LogP contribution in [0.1, 0.15) is 206 Å². The lowest BCUT2D eigenvalue weighted by molar-refractivity contribution is -0.220. The predicted molar refractivity (Wildman–Crippen MR) is 249 cm³/mol. The third-order valence-corrected chi connectivity index (χ3v) is 12.5. The SMILES string of the molecule is CC/C=C/C/C=C/C/C=C/CCCCCCCC(=O)O[C@@H](COC(=O)CCCCCCCCCCCCCCCCCCCCC)COP(=O)(O)OC1C(O)C(O)C(O)[C@H](O)C1O. The lowest BCUT2D eigenvalue weighted by atomic mass is 9.85. The van der Waals surface area contributed by atoms with E-state index in [4.69, 9.17) is 18.5 Å². The Bertz CT molecular complexity index is 1240. The zero-order chi connectivity index (χ0) is 46.4. The molecule has 14 heteroatoms. The number of phosphoric acid groups is 1. The van der Waals surface area contributed by atoms with Gasteiger partial charge in [-0.05, 0) is 44.9 Å². The van der Waals surface area contributed by atoms with Gasteiger partial charge in [-0.3, -0.25) is 18.6 Å². The molecule has 1 fully saturated rings. The molecule has 1 aliphatic rings. The van der Waals surface area contributed by atoms with Gasteiger partial charge in [-0.2, -0.15) is 0 Å². The van der Waals surface area contributed by atoms with Gasteiger partial charge in [0.25, 0.3) is 0 Å². The topological polar surface area (TPSA) is 210 Å². The molecule has 8 atom stereocenters. The Labute approximate surface area is 380 Å². The molecule has 0 heterocycles. The van der Waals surface area contributed by atoms with Crippen molar-refractivity contribution in [3.63, 3.8) is 0 Å². The molecule has 1 saturated carbocycles. The molecule has 0 saturated heterocycles. The molecule has 0 aromatic rings. The molecule has 0 amide bonds. The minimum atomic E-state index is -5.12. The van der Waals surface area contributed by atoms with E-state index in [0.29, 0.717) is 12.8 Å². The minimum Gasteiger partial charge on any atom is -0.462 e. The Morgan fingerprint density at radius 3 is 1.38 bits per heavy atom. The third kappa shape index (κ3) is 31.6. The summed E-state index contributed by atoms with van der Waals surface area (Å²) in [6.45, 7) is 3.20. The van der Waals surface area contributed by atoms with E-state index in [-0.39, 0.29) is 12.8 Å². The smallest absolute Gasteiger partial charge is 0.462 e. The van der Waals surface area contributed by atoms with Crippen molar-refractivity contribution in [3.05, 3.63) is 36.5 Å². The summed E-state index contributed by atoms with van der Waals surface area (Å²) in [6, 6.07) is 0. The quantitative estimate of drug-likeness (QED) is 0.0146. The van der Waals surface area contributed by atoms with Crippen molar-refractivity contribution in [2.24, 2.45) is 0 Å². The van der Waals surface area contributed by atoms with Gasteiger partial charge in [0, 0.05) is 12.8 Å². The first-order valence-electron chi connectivity index (χ1n) is 24.8. The summed E-state index contributed by atoms with van der Waals surface area (Å²) >= 11 is 0. The lowest BCUT2D eigenvalue weighted by Crippen LogP contribution is -2.64. The number of unbranched alkanes of at least 4 members (excludes halogenated alkanes) is 23. The number of aliphatic hydroxyl groups is 5. The van der Waals surface area contributed by atoms with Crippen LogP contribution < -0.4 is 0 Å². The monoisotopic (exact) mass is 917 g/mol. The van der Waals surface area contributed by atoms with Gasteiger partial charge in [0.2, 0.25) is 0 Å². The first kappa shape index (κ1) is 59.1. The van der Waals surface area contributed by atoms with E-state index in [1.165, 1.54) is 96.3 Å². The molecule has 6 N–H and O–H groups in total. The van der Waals surface area contributed by atoms with Crippen molar-refractivity contribution in [2.45, 2.75) is 249 Å². The van der Waals surface area contributed by atoms with Crippen LogP contribution in [0.5, 0.6) is 0 Å². The maximum Gasteiger partial charge on any atom is 0.472 e. The Balaban J connectivity index is 2.41. The summed E-state index contributed by atoms with van der Waals surface area (Å²) in [5.74, 6) is -1.11. The van der Waals surface area contributed by atoms with Gasteiger partial charge in [0.15, 0.2) is 6.10 Å². The standard InChI is InChI=1S/C49H89O13P/c1-3-5-7-9-11-13-15-17-19-20-21-22-24-25-27-29-31-33-35-37-42(50)59-39-41(40-60-63(57,58)62-49-47(55)45(53)44(52)46(54)48(49)56)61-43(51)38-36-34-32-30-28-26-23-18-16-14-12-10-8-6-4-2/h6,8,12,14,18,23,41,44-49,52-56H,3-5,7,9-11,13,15-17,19-22,24-40H2,1-2H3,(H,57,58)/b8-6+,14-12+,23-18+/t41-,44?,45-,46?,47?,48?,49?/m0/s1. The molecular weight excluding hydrogens is 828 g/mol. The van der Waals surface area contributed by atoms with E-state index in [1.54, 1.807) is 0 Å². The van der Waals surface area contributed by atoms with Crippen molar-refractivity contribution in [2.75, 3.05) is 13.2 Å². The second kappa shape index (κ2) is 39.3. The Kier molecular flexibility index (Phi) is 36.8. The molecule has 1 rings (SSSR count). The van der Waals surface area contributed by atoms with Crippen LogP contribution in [0.4, 0.5) is 0 Å². The molecule has 368 valence electrons. The summed E-state index contributed by atoms with van der Waals surface area (Å²) in [5, 5.41) is 50.2. The van der Waals surface area contributed by atoms with Gasteiger partial charge in [-0.25, -0.2) is 4.57 Å². The number of phosphoric ester groups is 1. The van der Waals surface area contributed by atoms with Crippen molar-refractivity contribution in [3.8, 4) is 0 Å². The number of esters is 2. The molecule has 0 aromatic heterocycles. The fraction of sp³-hybridized carbons (Fsp3) is 0.837. The highest BCUT2D eigenvalue weighted by Crippen LogP contribution is 2.47. The summed E-state index contributed by atoms with van der Waals surface area (Å²) in [6.07, 6.45) is 32.0. The normalized spacial score (nSPS) is 22.0. The van der Waals surface area contributed by atoms with Gasteiger partial charge in [-0.1, -0.05) is 185 Å². The average Bonchev–Trinajstić information content (AvgIpc) is 3.26. The van der Waals surface area contributed by atoms with Crippen LogP contribution in [0, 0.1) is 0 Å². The van der Waals surface area contributed by atoms with E-state index >= 15 is 0 Å². The molecule has 0 radical (unpaired) electrons. The number of carbonyl (C=O) groups is 2. The van der Waals surface area contributed by atoms with E-state index in [0.717, 1.165) is 70.6 Å². The van der Waals surface area contributed by atoms with Gasteiger partial charge < -0.3 is 39.9 Å². The van der Waals surface area contributed by atoms with E-state index in [2.05, 4.69) is 50.3 Å². The summed E-state index contributed by atoms with van der Waals surface area (Å²) in [5.41, 5.74) is 0. The summed E-state index contributed by atoms with van der Waals surface area (Å²) < 4.78 is 33.6. The Morgan fingerprint density at radius 2 is 0.905 bits per heavy atom. The summed E-state index contributed by atoms with van der Waals surface area (Å²) in [7, 11) is -5.12. The maximum atomic E-state index is 12.8. The Hall–Kier alpha value is -1.93. The second-order valence-electron chi connectivity index (χ2n) is 17.3. The minimum absolute atomic E-state index is 0.0787. The molecule has 13 nitrogen and oxygen atoms in total. The van der Waals surface area contributed by atoms with Crippen LogP contribution in [-0.2, 0) is 32.7 Å². The van der Waals surface area contributed by atoms with Crippen LogP contribution in [-0.4, -0.2) is 98.3 Å². The van der Waals surface area contributed by atoms with E-state index < -0.39 is 75.7 Å². The van der Waals surface area contributed by atoms with Gasteiger partial charge in [0.05, 0.1) is 6.61 Å². The Morgan fingerprint density at radius 1 is 0.508 bits per heavy atom. The van der Waals surface area contributed by atoms with Gasteiger partial charge in [0.1, 0.15) is 43.2 Å². The molecule has 6 unspecified atom stereocenters. The van der Waals surface area contributed by atoms with Crippen LogP contribution in [0.15, 0.2) is 36.5 Å². The number of carbonyl (C=O) groups excluding carboxylic acids is 2. The molecule has 0 aromatic carbocycles. The zero-order valence-electron chi connectivity index (χ0n) is 39.1. The zero-order valence-corrected chi connectivity index (χ0v) is 40.0. The van der Waals surface area contributed by atoms with Gasteiger partial charge in [-0.15, -0.1) is 0 Å². The van der Waals surface area contributed by atoms with Crippen LogP contribution in [0.3, 0.4) is 0 Å². The van der Waals surface area contributed by atoms with Crippen LogP contribution >= 0.6 is 7.82 Å². The van der Waals surface area contributed by atoms with Crippen molar-refractivity contribution >= 4 is 19.8 Å². The molecule has 0 spiro atoms. The molecule has 1 aliphatic carbocycles. The third-order valence-electron chi connectivity index (χ3n) is 11.5. The second-order valence-corrected chi connectivity index (χ2v) is 18.7. The number of aliphatic hydroxyl groups excluding tert-OH is 5. The van der Waals surface area contributed by atoms with Crippen LogP contribution in [0.25, 0.3) is 0 Å². The first-order chi connectivity index (χ1) is 30.4. The molecule has 0 aliphatic heterocycles. The maximum absolute atomic E-state index is 12.8. The predicted octanol–water partition coefficient (Wildman–Crippen LogP) is 10.2. The van der Waals surface area contributed by atoms with Gasteiger partial charge >= 0.3 is 19.8 Å². The number of hydrogen-bond acceptors (Lipinski definition) is 12. The van der Waals surface area contributed by atoms with Crippen molar-refractivity contribution < 1.29 is 63.1 Å². The number of ether oxygens (including phenoxy) is 2. The molecular formula is C49H89O13P.